The van der Waals surface area contributed by atoms with Crippen molar-refractivity contribution in [1.82, 2.24) is 0 Å². The van der Waals surface area contributed by atoms with Crippen LogP contribution in [0.3, 0.4) is 0 Å². The van der Waals surface area contributed by atoms with Crippen LogP contribution in [-0.4, -0.2) is 54.9 Å². The molecule has 0 heterocycles. The number of hydrogen-bond donors (Lipinski definition) is 6. The van der Waals surface area contributed by atoms with E-state index in [0.717, 1.165) is 47.6 Å². The Hall–Kier alpha value is -5.45. The summed E-state index contributed by atoms with van der Waals surface area (Å²) in [7, 11) is 0. The number of amides is 2. The minimum Gasteiger partial charge on any atom is -0.504 e. The zero-order valence-corrected chi connectivity index (χ0v) is 30.4. The minimum atomic E-state index is -0.641. The van der Waals surface area contributed by atoms with Gasteiger partial charge in [-0.1, -0.05) is 0 Å². The van der Waals surface area contributed by atoms with E-state index in [2.05, 4.69) is 31.7 Å². The number of anilines is 4. The van der Waals surface area contributed by atoms with Gasteiger partial charge in [0.05, 0.1) is 21.2 Å². The van der Waals surface area contributed by atoms with E-state index in [1.807, 2.05) is 0 Å². The average molecular weight is 736 g/mol. The van der Waals surface area contributed by atoms with E-state index in [4.69, 9.17) is 0 Å². The van der Waals surface area contributed by atoms with Crippen LogP contribution < -0.4 is 51.0 Å². The Morgan fingerprint density at radius 3 is 1.28 bits per heavy atom. The molecule has 2 aliphatic carbocycles. The quantitative estimate of drug-likeness (QED) is 0.0710. The fourth-order valence-corrected chi connectivity index (χ4v) is 3.95. The van der Waals surface area contributed by atoms with Crippen molar-refractivity contribution in [2.24, 2.45) is 10.2 Å². The van der Waals surface area contributed by atoms with E-state index >= 15 is 0 Å². The number of carbonyl (C=O) groups excluding carboxylic acids is 4. The maximum atomic E-state index is 11.7. The van der Waals surface area contributed by atoms with Crippen molar-refractivity contribution in [2.45, 2.75) is 27.7 Å². The third-order valence-corrected chi connectivity index (χ3v) is 6.03. The van der Waals surface area contributed by atoms with E-state index in [9.17, 15) is 49.6 Å². The van der Waals surface area contributed by atoms with E-state index in [1.54, 1.807) is 38.1 Å². The smallest absolute Gasteiger partial charge is 0.504 e. The molecule has 0 aliphatic heterocycles. The number of nitro groups is 2. The largest absolute Gasteiger partial charge is 1.00 e. The molecule has 254 valence electrons. The number of phenolic OH excluding ortho intramolecular Hbond substituents is 2. The van der Waals surface area contributed by atoms with Crippen molar-refractivity contribution in [1.29, 1.82) is 0 Å². The van der Waals surface area contributed by atoms with Crippen LogP contribution in [0.1, 0.15) is 25.0 Å². The van der Waals surface area contributed by atoms with Gasteiger partial charge in [-0.2, -0.15) is 10.2 Å². The molecule has 18 nitrogen and oxygen atoms in total. The van der Waals surface area contributed by atoms with Crippen LogP contribution in [0.5, 0.6) is 11.5 Å². The van der Waals surface area contributed by atoms with Gasteiger partial charge in [0.25, 0.3) is 11.4 Å². The van der Waals surface area contributed by atoms with Gasteiger partial charge in [-0.15, -0.1) is 0 Å². The predicted molar refractivity (Wildman–Crippen MR) is 175 cm³/mol. The summed E-state index contributed by atoms with van der Waals surface area (Å²) in [6.07, 6.45) is 6.30. The standard InChI is InChI=1S/2C15H14N4O5.Cr.Na/c2*1-8-5-12(16-9(2)20)15(22)13(6-8)18-17-11-7-10(19(23)24)3-4-14(11)21;;/h2*3-7,18,22H,1-2H3,(H,16,20);;/q;;;+1/b2*17-11-;;. The minimum absolute atomic E-state index is 0. The summed E-state index contributed by atoms with van der Waals surface area (Å²) in [4.78, 5) is 65.9. The second kappa shape index (κ2) is 18.9. The maximum absolute atomic E-state index is 11.7. The van der Waals surface area contributed by atoms with Crippen LogP contribution in [0.15, 0.2) is 82.3 Å². The predicted octanol–water partition coefficient (Wildman–Crippen LogP) is 0.454. The Morgan fingerprint density at radius 2 is 0.980 bits per heavy atom. The molecule has 2 aromatic rings. The zero-order valence-electron chi connectivity index (χ0n) is 27.1. The summed E-state index contributed by atoms with van der Waals surface area (Å²) < 4.78 is 0. The number of hydrogen-bond acceptors (Lipinski definition) is 14. The molecule has 0 bridgehead atoms. The first-order chi connectivity index (χ1) is 22.5. The van der Waals surface area contributed by atoms with Crippen LogP contribution in [-0.2, 0) is 36.5 Å². The molecule has 0 aromatic heterocycles. The van der Waals surface area contributed by atoms with Crippen molar-refractivity contribution in [2.75, 3.05) is 21.5 Å². The van der Waals surface area contributed by atoms with Gasteiger partial charge < -0.3 is 20.8 Å². The Kier molecular flexibility index (Phi) is 16.1. The number of hydrazone groups is 2. The first kappa shape index (κ1) is 42.6. The molecule has 0 fully saturated rings. The Labute approximate surface area is 316 Å². The number of aryl methyl sites for hydroxylation is 2. The maximum Gasteiger partial charge on any atom is 1.00 e. The van der Waals surface area contributed by atoms with Gasteiger partial charge in [0, 0.05) is 55.5 Å². The summed E-state index contributed by atoms with van der Waals surface area (Å²) in [5.74, 6) is -2.28. The van der Waals surface area contributed by atoms with Crippen LogP contribution in [0.25, 0.3) is 0 Å². The van der Waals surface area contributed by atoms with Crippen molar-refractivity contribution >= 4 is 57.6 Å². The molecule has 0 radical (unpaired) electrons. The third-order valence-electron chi connectivity index (χ3n) is 6.03. The fourth-order valence-electron chi connectivity index (χ4n) is 3.95. The summed E-state index contributed by atoms with van der Waals surface area (Å²) in [6.45, 7) is 6.07. The van der Waals surface area contributed by atoms with Crippen molar-refractivity contribution in [3.8, 4) is 11.5 Å². The molecule has 2 amide bonds. The number of rotatable bonds is 8. The van der Waals surface area contributed by atoms with Gasteiger partial charge >= 0.3 is 29.6 Å². The van der Waals surface area contributed by atoms with Gasteiger partial charge in [-0.3, -0.25) is 50.3 Å². The number of allylic oxidation sites excluding steroid dienone is 6. The van der Waals surface area contributed by atoms with Crippen molar-refractivity contribution in [3.05, 3.63) is 103 Å². The number of phenols is 2. The summed E-state index contributed by atoms with van der Waals surface area (Å²) in [5, 5.41) is 54.3. The number of ketones is 2. The second-order valence-corrected chi connectivity index (χ2v) is 10.0. The Balaban J connectivity index is 0.000000481. The monoisotopic (exact) mass is 735 g/mol. The molecule has 2 aromatic carbocycles. The third kappa shape index (κ3) is 11.9. The summed E-state index contributed by atoms with van der Waals surface area (Å²) in [6, 6.07) is 6.22. The van der Waals surface area contributed by atoms with Gasteiger partial charge in [-0.05, 0) is 61.4 Å². The molecule has 0 spiro atoms. The molecule has 20 heteroatoms. The molecule has 0 unspecified atom stereocenters. The molecule has 0 saturated heterocycles. The summed E-state index contributed by atoms with van der Waals surface area (Å²) in [5.41, 5.74) is 6.17. The van der Waals surface area contributed by atoms with E-state index in [0.29, 0.717) is 0 Å². The molecule has 0 atom stereocenters. The number of benzene rings is 2. The van der Waals surface area contributed by atoms with Crippen LogP contribution in [0.2, 0.25) is 0 Å². The number of carbonyl (C=O) groups is 4. The van der Waals surface area contributed by atoms with Gasteiger partial charge in [0.15, 0.2) is 11.5 Å². The molecule has 50 heavy (non-hydrogen) atoms. The van der Waals surface area contributed by atoms with E-state index in [-0.39, 0.29) is 116 Å². The molecular formula is C30H28CrN8NaO10+. The van der Waals surface area contributed by atoms with Crippen LogP contribution in [0.4, 0.5) is 22.7 Å². The first-order valence-electron chi connectivity index (χ1n) is 13.6. The van der Waals surface area contributed by atoms with E-state index < -0.39 is 21.4 Å². The molecule has 4 rings (SSSR count). The number of aromatic hydroxyl groups is 2. The van der Waals surface area contributed by atoms with E-state index in [1.165, 1.54) is 13.8 Å². The molecule has 2 aliphatic rings. The molecule has 6 N–H and O–H groups in total. The fraction of sp³-hybridized carbons (Fsp3) is 0.133. The number of nitrogens with zero attached hydrogens (tertiary/aromatic N) is 4. The summed E-state index contributed by atoms with van der Waals surface area (Å²) >= 11 is 0. The normalized spacial score (nSPS) is 14.6. The van der Waals surface area contributed by atoms with Gasteiger partial charge in [0.2, 0.25) is 23.4 Å². The van der Waals surface area contributed by atoms with Crippen LogP contribution in [0, 0.1) is 34.1 Å². The SMILES string of the molecule is CC(=O)Nc1cc(C)cc(N/N=C2/C=C([N+](=O)[O-])C=CC2=O)c1O.CC(=O)Nc1cc(C)cc(N/N=C2/C=C([N+](=O)[O-])C=CC2=O)c1O.[Cr].[Na+]. The van der Waals surface area contributed by atoms with Crippen molar-refractivity contribution in [3.63, 3.8) is 0 Å². The molecular weight excluding hydrogens is 707 g/mol. The second-order valence-electron chi connectivity index (χ2n) is 10.0. The van der Waals surface area contributed by atoms with Gasteiger partial charge in [0.1, 0.15) is 22.8 Å². The van der Waals surface area contributed by atoms with Crippen molar-refractivity contribution < 1.29 is 86.2 Å². The van der Waals surface area contributed by atoms with Gasteiger partial charge in [-0.25, -0.2) is 0 Å². The topological polar surface area (TPSA) is 268 Å². The first-order valence-corrected chi connectivity index (χ1v) is 13.6. The zero-order chi connectivity index (χ0) is 35.7. The Morgan fingerprint density at radius 1 is 0.660 bits per heavy atom. The molecule has 0 saturated carbocycles. The number of nitrogens with one attached hydrogen (secondary N) is 4. The van der Waals surface area contributed by atoms with Crippen LogP contribution >= 0.6 is 0 Å². The average Bonchev–Trinajstić information content (AvgIpc) is 2.99. The Bertz CT molecular complexity index is 1800.